The van der Waals surface area contributed by atoms with Crippen LogP contribution >= 0.6 is 0 Å². The Morgan fingerprint density at radius 1 is 1.10 bits per heavy atom. The third-order valence-electron chi connectivity index (χ3n) is 6.49. The predicted octanol–water partition coefficient (Wildman–Crippen LogP) is 4.20. The minimum Gasteiger partial charge on any atom is -0.454 e. The molecule has 0 saturated carbocycles. The van der Waals surface area contributed by atoms with Gasteiger partial charge >= 0.3 is 0 Å². The number of aryl methyl sites for hydroxylation is 1. The van der Waals surface area contributed by atoms with Crippen molar-refractivity contribution in [3.05, 3.63) is 59.2 Å². The maximum Gasteiger partial charge on any atom is 0.231 e. The lowest BCUT2D eigenvalue weighted by molar-refractivity contribution is -0.118. The van der Waals surface area contributed by atoms with Gasteiger partial charge in [-0.3, -0.25) is 9.69 Å². The third-order valence-corrected chi connectivity index (χ3v) is 6.49. The van der Waals surface area contributed by atoms with Gasteiger partial charge in [0.2, 0.25) is 13.2 Å². The number of amides is 1. The smallest absolute Gasteiger partial charge is 0.231 e. The highest BCUT2D eigenvalue weighted by atomic mass is 16.7. The van der Waals surface area contributed by atoms with Crippen LogP contribution in [0.3, 0.4) is 0 Å². The summed E-state index contributed by atoms with van der Waals surface area (Å²) in [7, 11) is 0. The second-order valence-corrected chi connectivity index (χ2v) is 8.32. The van der Waals surface area contributed by atoms with Gasteiger partial charge in [-0.1, -0.05) is 37.3 Å². The fourth-order valence-corrected chi connectivity index (χ4v) is 4.67. The van der Waals surface area contributed by atoms with E-state index in [1.165, 1.54) is 16.7 Å². The van der Waals surface area contributed by atoms with Gasteiger partial charge in [0.15, 0.2) is 11.5 Å². The predicted molar refractivity (Wildman–Crippen MR) is 118 cm³/mol. The van der Waals surface area contributed by atoms with Crippen LogP contribution in [0, 0.1) is 0 Å². The van der Waals surface area contributed by atoms with Crippen LogP contribution in [0.15, 0.2) is 42.5 Å². The number of ether oxygens (including phenoxy) is 2. The highest BCUT2D eigenvalue weighted by Gasteiger charge is 2.33. The molecule has 1 amide bonds. The molecule has 5 heteroatoms. The summed E-state index contributed by atoms with van der Waals surface area (Å²) < 4.78 is 11.1. The molecule has 1 fully saturated rings. The van der Waals surface area contributed by atoms with Crippen molar-refractivity contribution in [3.63, 3.8) is 0 Å². The number of hydrogen-bond acceptors (Lipinski definition) is 4. The first-order chi connectivity index (χ1) is 14.7. The van der Waals surface area contributed by atoms with Crippen LogP contribution in [0.2, 0.25) is 0 Å². The van der Waals surface area contributed by atoms with Gasteiger partial charge in [-0.05, 0) is 60.9 Å². The summed E-state index contributed by atoms with van der Waals surface area (Å²) in [6.45, 7) is 8.09. The Hall–Kier alpha value is -2.53. The highest BCUT2D eigenvalue weighted by Crippen LogP contribution is 2.39. The Morgan fingerprint density at radius 2 is 1.93 bits per heavy atom. The van der Waals surface area contributed by atoms with Gasteiger partial charge in [0, 0.05) is 32.2 Å². The molecule has 2 atom stereocenters. The van der Waals surface area contributed by atoms with Crippen molar-refractivity contribution in [1.82, 2.24) is 9.80 Å². The molecule has 2 aliphatic rings. The van der Waals surface area contributed by atoms with Crippen LogP contribution in [0.25, 0.3) is 0 Å². The Kier molecular flexibility index (Phi) is 6.58. The van der Waals surface area contributed by atoms with Gasteiger partial charge < -0.3 is 14.4 Å². The summed E-state index contributed by atoms with van der Waals surface area (Å²) in [5.74, 6) is 2.16. The molecule has 2 unspecified atom stereocenters. The molecular formula is C25H32N2O3. The number of fused-ring (bicyclic) bond motifs is 1. The van der Waals surface area contributed by atoms with Crippen molar-refractivity contribution in [2.45, 2.75) is 51.6 Å². The van der Waals surface area contributed by atoms with Crippen molar-refractivity contribution in [2.75, 3.05) is 26.4 Å². The van der Waals surface area contributed by atoms with Crippen molar-refractivity contribution < 1.29 is 14.3 Å². The number of likely N-dealkylation sites (tertiary alicyclic amines) is 1. The lowest BCUT2D eigenvalue weighted by atomic mass is 9.95. The fraction of sp³-hybridized carbons (Fsp3) is 0.480. The molecule has 0 aliphatic carbocycles. The first-order valence-electron chi connectivity index (χ1n) is 11.1. The number of carbonyl (C=O) groups excluding carboxylic acids is 1. The summed E-state index contributed by atoms with van der Waals surface area (Å²) in [5, 5.41) is 0. The summed E-state index contributed by atoms with van der Waals surface area (Å²) in [4.78, 5) is 15.7. The molecule has 0 bridgehead atoms. The maximum absolute atomic E-state index is 11.3. The van der Waals surface area contributed by atoms with E-state index in [1.807, 2.05) is 17.9 Å². The largest absolute Gasteiger partial charge is 0.454 e. The number of nitrogens with zero attached hydrogens (tertiary/aromatic N) is 2. The molecule has 2 aromatic rings. The minimum absolute atomic E-state index is 0.310. The van der Waals surface area contributed by atoms with E-state index in [4.69, 9.17) is 9.47 Å². The van der Waals surface area contributed by atoms with E-state index in [0.29, 0.717) is 18.8 Å². The Labute approximate surface area is 179 Å². The molecule has 4 rings (SSSR count). The molecule has 0 spiro atoms. The van der Waals surface area contributed by atoms with Crippen LogP contribution in [-0.4, -0.2) is 48.7 Å². The molecule has 0 radical (unpaired) electrons. The van der Waals surface area contributed by atoms with Gasteiger partial charge in [-0.2, -0.15) is 0 Å². The quantitative estimate of drug-likeness (QED) is 0.583. The first kappa shape index (κ1) is 20.7. The van der Waals surface area contributed by atoms with E-state index >= 15 is 0 Å². The topological polar surface area (TPSA) is 42.0 Å². The van der Waals surface area contributed by atoms with Gasteiger partial charge in [0.05, 0.1) is 0 Å². The first-order valence-corrected chi connectivity index (χ1v) is 11.1. The normalized spacial score (nSPS) is 20.5. The molecule has 0 aromatic heterocycles. The van der Waals surface area contributed by atoms with E-state index in [0.717, 1.165) is 63.4 Å². The standard InChI is InChI=1S/C25H32N2O3/c1-3-19-6-5-7-20(12-19)15-27-16-22(13-23(27)10-11-26(4-2)17-28)21-8-9-24-25(14-21)30-18-29-24/h5-9,12,14,17,22-23H,3-4,10-11,13,15-16,18H2,1-2H3. The van der Waals surface area contributed by atoms with Gasteiger partial charge in [0.1, 0.15) is 0 Å². The third kappa shape index (κ3) is 4.62. The second-order valence-electron chi connectivity index (χ2n) is 8.32. The van der Waals surface area contributed by atoms with Crippen LogP contribution in [0.1, 0.15) is 49.3 Å². The number of carbonyl (C=O) groups is 1. The summed E-state index contributed by atoms with van der Waals surface area (Å²) in [6.07, 6.45) is 4.13. The summed E-state index contributed by atoms with van der Waals surface area (Å²) in [5.41, 5.74) is 4.07. The molecule has 2 heterocycles. The van der Waals surface area contributed by atoms with Crippen molar-refractivity contribution >= 4 is 6.41 Å². The molecule has 160 valence electrons. The van der Waals surface area contributed by atoms with Crippen LogP contribution in [0.4, 0.5) is 0 Å². The average Bonchev–Trinajstić information content (AvgIpc) is 3.41. The zero-order chi connectivity index (χ0) is 20.9. The molecule has 5 nitrogen and oxygen atoms in total. The van der Waals surface area contributed by atoms with Crippen molar-refractivity contribution in [2.24, 2.45) is 0 Å². The Balaban J connectivity index is 1.51. The highest BCUT2D eigenvalue weighted by molar-refractivity contribution is 5.47. The molecular weight excluding hydrogens is 376 g/mol. The van der Waals surface area contributed by atoms with Crippen LogP contribution in [0.5, 0.6) is 11.5 Å². The SMILES string of the molecule is CCc1cccc(CN2CC(c3ccc4c(c3)OCO4)CC2CCN(C=O)CC)c1. The lowest BCUT2D eigenvalue weighted by Gasteiger charge is -2.26. The minimum atomic E-state index is 0.310. The van der Waals surface area contributed by atoms with Crippen molar-refractivity contribution in [3.8, 4) is 11.5 Å². The zero-order valence-electron chi connectivity index (χ0n) is 18.0. The lowest BCUT2D eigenvalue weighted by Crippen LogP contribution is -2.33. The molecule has 0 N–H and O–H groups in total. The van der Waals surface area contributed by atoms with E-state index in [9.17, 15) is 4.79 Å². The van der Waals surface area contributed by atoms with Gasteiger partial charge in [0.25, 0.3) is 0 Å². The van der Waals surface area contributed by atoms with Crippen LogP contribution < -0.4 is 9.47 Å². The monoisotopic (exact) mass is 408 g/mol. The average molecular weight is 409 g/mol. The van der Waals surface area contributed by atoms with E-state index in [-0.39, 0.29) is 0 Å². The zero-order valence-corrected chi connectivity index (χ0v) is 18.0. The van der Waals surface area contributed by atoms with Gasteiger partial charge in [-0.15, -0.1) is 0 Å². The molecule has 30 heavy (non-hydrogen) atoms. The van der Waals surface area contributed by atoms with E-state index < -0.39 is 0 Å². The van der Waals surface area contributed by atoms with E-state index in [2.05, 4.69) is 48.2 Å². The fourth-order valence-electron chi connectivity index (χ4n) is 4.67. The van der Waals surface area contributed by atoms with Crippen molar-refractivity contribution in [1.29, 1.82) is 0 Å². The summed E-state index contributed by atoms with van der Waals surface area (Å²) in [6, 6.07) is 15.7. The van der Waals surface area contributed by atoms with Gasteiger partial charge in [-0.25, -0.2) is 0 Å². The molecule has 2 aromatic carbocycles. The number of benzene rings is 2. The second kappa shape index (κ2) is 9.52. The van der Waals surface area contributed by atoms with E-state index in [1.54, 1.807) is 0 Å². The number of hydrogen-bond donors (Lipinski definition) is 0. The Bertz CT molecular complexity index is 869. The molecule has 1 saturated heterocycles. The van der Waals surface area contributed by atoms with Crippen LogP contribution in [-0.2, 0) is 17.8 Å². The number of rotatable bonds is 9. The summed E-state index contributed by atoms with van der Waals surface area (Å²) >= 11 is 0. The maximum atomic E-state index is 11.3. The Morgan fingerprint density at radius 3 is 2.73 bits per heavy atom. The molecule has 2 aliphatic heterocycles.